The lowest BCUT2D eigenvalue weighted by Gasteiger charge is -2.23. The summed E-state index contributed by atoms with van der Waals surface area (Å²) in [5.74, 6) is 0.461. The Bertz CT molecular complexity index is 403. The van der Waals surface area contributed by atoms with Gasteiger partial charge in [0.05, 0.1) is 12.6 Å². The van der Waals surface area contributed by atoms with E-state index in [2.05, 4.69) is 27.0 Å². The van der Waals surface area contributed by atoms with Crippen molar-refractivity contribution in [3.8, 4) is 0 Å². The standard InChI is InChI=1S/C14H23N3O2S/c1-17(2)12(13-4-3-7-20-13)9-16-14(18)15-8-11-5-6-19-10-11/h3-4,7,11-12H,5-6,8-10H2,1-2H3,(H2,15,16,18)/t11-,12-/m0/s1. The van der Waals surface area contributed by atoms with Crippen LogP contribution in [0.15, 0.2) is 17.5 Å². The van der Waals surface area contributed by atoms with Gasteiger partial charge in [0.25, 0.3) is 0 Å². The van der Waals surface area contributed by atoms with Crippen molar-refractivity contribution in [1.82, 2.24) is 15.5 Å². The SMILES string of the molecule is CN(C)[C@@H](CNC(=O)NC[C@@H]1CCOC1)c1cccs1. The summed E-state index contributed by atoms with van der Waals surface area (Å²) in [5.41, 5.74) is 0. The summed E-state index contributed by atoms with van der Waals surface area (Å²) in [5, 5.41) is 7.93. The molecule has 2 amide bonds. The molecule has 1 aromatic heterocycles. The van der Waals surface area contributed by atoms with Crippen LogP contribution >= 0.6 is 11.3 Å². The van der Waals surface area contributed by atoms with Gasteiger partial charge in [0.1, 0.15) is 0 Å². The maximum atomic E-state index is 11.8. The summed E-state index contributed by atoms with van der Waals surface area (Å²) in [7, 11) is 4.06. The Morgan fingerprint density at radius 2 is 2.40 bits per heavy atom. The van der Waals surface area contributed by atoms with Crippen molar-refractivity contribution in [1.29, 1.82) is 0 Å². The fourth-order valence-electron chi connectivity index (χ4n) is 2.25. The van der Waals surface area contributed by atoms with E-state index in [0.717, 1.165) is 19.6 Å². The Labute approximate surface area is 124 Å². The molecule has 0 saturated carbocycles. The molecule has 1 aromatic rings. The van der Waals surface area contributed by atoms with E-state index in [1.54, 1.807) is 11.3 Å². The summed E-state index contributed by atoms with van der Waals surface area (Å²) < 4.78 is 5.29. The van der Waals surface area contributed by atoms with Gasteiger partial charge in [-0.3, -0.25) is 0 Å². The molecule has 1 aliphatic heterocycles. The minimum atomic E-state index is -0.0969. The van der Waals surface area contributed by atoms with Crippen LogP contribution in [0.3, 0.4) is 0 Å². The van der Waals surface area contributed by atoms with Gasteiger partial charge in [-0.05, 0) is 32.0 Å². The highest BCUT2D eigenvalue weighted by molar-refractivity contribution is 7.10. The van der Waals surface area contributed by atoms with Crippen molar-refractivity contribution in [3.05, 3.63) is 22.4 Å². The summed E-state index contributed by atoms with van der Waals surface area (Å²) >= 11 is 1.71. The molecule has 5 nitrogen and oxygen atoms in total. The number of nitrogens with one attached hydrogen (secondary N) is 2. The number of hydrogen-bond acceptors (Lipinski definition) is 4. The molecule has 1 fully saturated rings. The maximum absolute atomic E-state index is 11.8. The first-order valence-electron chi connectivity index (χ1n) is 6.96. The van der Waals surface area contributed by atoms with Crippen LogP contribution in [0.2, 0.25) is 0 Å². The predicted molar refractivity (Wildman–Crippen MR) is 81.1 cm³/mol. The number of urea groups is 1. The highest BCUT2D eigenvalue weighted by Crippen LogP contribution is 2.22. The molecule has 2 rings (SSSR count). The molecule has 1 aliphatic rings. The minimum Gasteiger partial charge on any atom is -0.381 e. The van der Waals surface area contributed by atoms with Gasteiger partial charge in [-0.1, -0.05) is 6.07 Å². The van der Waals surface area contributed by atoms with E-state index in [1.165, 1.54) is 4.88 Å². The molecule has 1 saturated heterocycles. The molecular formula is C14H23N3O2S. The lowest BCUT2D eigenvalue weighted by Crippen LogP contribution is -2.42. The molecule has 112 valence electrons. The molecule has 20 heavy (non-hydrogen) atoms. The molecule has 0 bridgehead atoms. The third-order valence-electron chi connectivity index (χ3n) is 3.53. The predicted octanol–water partition coefficient (Wildman–Crippen LogP) is 1.69. The molecule has 6 heteroatoms. The van der Waals surface area contributed by atoms with Crippen LogP contribution < -0.4 is 10.6 Å². The average molecular weight is 297 g/mol. The van der Waals surface area contributed by atoms with Crippen LogP contribution in [0.1, 0.15) is 17.3 Å². The van der Waals surface area contributed by atoms with E-state index in [9.17, 15) is 4.79 Å². The molecular weight excluding hydrogens is 274 g/mol. The second kappa shape index (κ2) is 7.61. The number of rotatable bonds is 6. The molecule has 0 unspecified atom stereocenters. The zero-order valence-electron chi connectivity index (χ0n) is 12.1. The van der Waals surface area contributed by atoms with Gasteiger partial charge in [0, 0.05) is 30.5 Å². The Morgan fingerprint density at radius 3 is 3.00 bits per heavy atom. The van der Waals surface area contributed by atoms with Crippen LogP contribution in [-0.4, -0.2) is 51.3 Å². The quantitative estimate of drug-likeness (QED) is 0.840. The number of carbonyl (C=O) groups is 1. The minimum absolute atomic E-state index is 0.0969. The van der Waals surface area contributed by atoms with Gasteiger partial charge < -0.3 is 20.3 Å². The highest BCUT2D eigenvalue weighted by atomic mass is 32.1. The van der Waals surface area contributed by atoms with Crippen LogP contribution in [-0.2, 0) is 4.74 Å². The van der Waals surface area contributed by atoms with Crippen LogP contribution in [0, 0.1) is 5.92 Å². The molecule has 2 atom stereocenters. The smallest absolute Gasteiger partial charge is 0.314 e. The monoisotopic (exact) mass is 297 g/mol. The van der Waals surface area contributed by atoms with Crippen molar-refractivity contribution in [2.45, 2.75) is 12.5 Å². The topological polar surface area (TPSA) is 53.6 Å². The number of carbonyl (C=O) groups excluding carboxylic acids is 1. The molecule has 2 heterocycles. The number of thiophene rings is 1. The summed E-state index contributed by atoms with van der Waals surface area (Å²) in [6.07, 6.45) is 1.04. The van der Waals surface area contributed by atoms with Crippen LogP contribution in [0.4, 0.5) is 4.79 Å². The van der Waals surface area contributed by atoms with Crippen molar-refractivity contribution in [2.24, 2.45) is 5.92 Å². The highest BCUT2D eigenvalue weighted by Gasteiger charge is 2.18. The van der Waals surface area contributed by atoms with Crippen LogP contribution in [0.5, 0.6) is 0 Å². The van der Waals surface area contributed by atoms with E-state index < -0.39 is 0 Å². The maximum Gasteiger partial charge on any atom is 0.314 e. The first-order chi connectivity index (χ1) is 9.66. The fourth-order valence-corrected chi connectivity index (χ4v) is 3.17. The van der Waals surface area contributed by atoms with Gasteiger partial charge in [0.2, 0.25) is 0 Å². The van der Waals surface area contributed by atoms with Crippen molar-refractivity contribution >= 4 is 17.4 Å². The molecule has 0 spiro atoms. The van der Waals surface area contributed by atoms with Crippen LogP contribution in [0.25, 0.3) is 0 Å². The molecule has 0 aromatic carbocycles. The summed E-state index contributed by atoms with van der Waals surface area (Å²) in [6, 6.07) is 4.26. The van der Waals surface area contributed by atoms with Gasteiger partial charge in [-0.25, -0.2) is 4.79 Å². The first-order valence-corrected chi connectivity index (χ1v) is 7.84. The third-order valence-corrected chi connectivity index (χ3v) is 4.50. The number of ether oxygens (including phenoxy) is 1. The Hall–Kier alpha value is -1.11. The van der Waals surface area contributed by atoms with Crippen molar-refractivity contribution < 1.29 is 9.53 Å². The first kappa shape index (κ1) is 15.3. The lowest BCUT2D eigenvalue weighted by atomic mass is 10.1. The van der Waals surface area contributed by atoms with E-state index >= 15 is 0 Å². The normalized spacial score (nSPS) is 20.1. The van der Waals surface area contributed by atoms with Gasteiger partial charge in [-0.15, -0.1) is 11.3 Å². The van der Waals surface area contributed by atoms with Crippen molar-refractivity contribution in [2.75, 3.05) is 40.4 Å². The Balaban J connectivity index is 1.73. The number of amides is 2. The third kappa shape index (κ3) is 4.47. The second-order valence-electron chi connectivity index (χ2n) is 5.32. The van der Waals surface area contributed by atoms with Gasteiger partial charge in [-0.2, -0.15) is 0 Å². The fraction of sp³-hybridized carbons (Fsp3) is 0.643. The number of nitrogens with zero attached hydrogens (tertiary/aromatic N) is 1. The van der Waals surface area contributed by atoms with E-state index in [4.69, 9.17) is 4.74 Å². The molecule has 0 radical (unpaired) electrons. The summed E-state index contributed by atoms with van der Waals surface area (Å²) in [4.78, 5) is 15.2. The average Bonchev–Trinajstić information content (AvgIpc) is 3.09. The number of hydrogen-bond donors (Lipinski definition) is 2. The second-order valence-corrected chi connectivity index (χ2v) is 6.29. The Kier molecular flexibility index (Phi) is 5.82. The van der Waals surface area contributed by atoms with Gasteiger partial charge in [0.15, 0.2) is 0 Å². The zero-order valence-corrected chi connectivity index (χ0v) is 12.9. The van der Waals surface area contributed by atoms with E-state index in [0.29, 0.717) is 19.0 Å². The largest absolute Gasteiger partial charge is 0.381 e. The summed E-state index contributed by atoms with van der Waals surface area (Å²) in [6.45, 7) is 2.88. The Morgan fingerprint density at radius 1 is 1.55 bits per heavy atom. The lowest BCUT2D eigenvalue weighted by molar-refractivity contribution is 0.185. The van der Waals surface area contributed by atoms with E-state index in [-0.39, 0.29) is 12.1 Å². The zero-order chi connectivity index (χ0) is 14.4. The molecule has 0 aliphatic carbocycles. The van der Waals surface area contributed by atoms with Gasteiger partial charge >= 0.3 is 6.03 Å². The number of likely N-dealkylation sites (N-methyl/N-ethyl adjacent to an activating group) is 1. The molecule has 2 N–H and O–H groups in total. The van der Waals surface area contributed by atoms with E-state index in [1.807, 2.05) is 20.2 Å². The van der Waals surface area contributed by atoms with Crippen molar-refractivity contribution in [3.63, 3.8) is 0 Å².